The van der Waals surface area contributed by atoms with E-state index in [4.69, 9.17) is 5.73 Å². The lowest BCUT2D eigenvalue weighted by molar-refractivity contribution is 0.642. The highest BCUT2D eigenvalue weighted by atomic mass is 32.2. The maximum absolute atomic E-state index is 11.6. The van der Waals surface area contributed by atoms with Gasteiger partial charge in [0.2, 0.25) is 5.95 Å². The van der Waals surface area contributed by atoms with Crippen molar-refractivity contribution in [3.63, 3.8) is 0 Å². The SMILES string of the molecule is Nc1nccc(Sc2n[nH]c(=O)n2C2CC2)n1. The molecule has 1 saturated carbocycles. The molecule has 1 aliphatic carbocycles. The summed E-state index contributed by atoms with van der Waals surface area (Å²) in [5.74, 6) is 0.214. The van der Waals surface area contributed by atoms with Crippen molar-refractivity contribution in [3.8, 4) is 0 Å². The molecule has 0 radical (unpaired) electrons. The van der Waals surface area contributed by atoms with E-state index in [1.54, 1.807) is 16.8 Å². The van der Waals surface area contributed by atoms with Gasteiger partial charge in [-0.05, 0) is 30.7 Å². The van der Waals surface area contributed by atoms with Crippen LogP contribution >= 0.6 is 11.8 Å². The number of aromatic amines is 1. The Labute approximate surface area is 100 Å². The molecule has 2 aromatic rings. The highest BCUT2D eigenvalue weighted by Crippen LogP contribution is 2.37. The molecule has 0 bridgehead atoms. The number of nitrogen functional groups attached to an aromatic ring is 1. The molecule has 7 nitrogen and oxygen atoms in total. The topological polar surface area (TPSA) is 102 Å². The Morgan fingerprint density at radius 3 is 3.06 bits per heavy atom. The summed E-state index contributed by atoms with van der Waals surface area (Å²) in [4.78, 5) is 19.4. The minimum Gasteiger partial charge on any atom is -0.368 e. The molecule has 1 aliphatic rings. The fraction of sp³-hybridized carbons (Fsp3) is 0.333. The smallest absolute Gasteiger partial charge is 0.344 e. The quantitative estimate of drug-likeness (QED) is 0.766. The van der Waals surface area contributed by atoms with Crippen molar-refractivity contribution in [2.24, 2.45) is 0 Å². The van der Waals surface area contributed by atoms with Crippen LogP contribution in [-0.4, -0.2) is 24.7 Å². The Bertz CT molecular complexity index is 602. The van der Waals surface area contributed by atoms with Crippen molar-refractivity contribution in [1.82, 2.24) is 24.7 Å². The zero-order valence-corrected chi connectivity index (χ0v) is 9.65. The Balaban J connectivity index is 1.92. The van der Waals surface area contributed by atoms with Crippen molar-refractivity contribution in [1.29, 1.82) is 0 Å². The second-order valence-corrected chi connectivity index (χ2v) is 4.76. The third-order valence-electron chi connectivity index (χ3n) is 2.43. The molecule has 2 aromatic heterocycles. The number of aromatic nitrogens is 5. The largest absolute Gasteiger partial charge is 0.368 e. The number of nitrogens with zero attached hydrogens (tertiary/aromatic N) is 4. The summed E-state index contributed by atoms with van der Waals surface area (Å²) in [6, 6.07) is 2.01. The third-order valence-corrected chi connectivity index (χ3v) is 3.34. The molecule has 2 heterocycles. The molecule has 3 rings (SSSR count). The summed E-state index contributed by atoms with van der Waals surface area (Å²) >= 11 is 1.31. The van der Waals surface area contributed by atoms with E-state index < -0.39 is 0 Å². The van der Waals surface area contributed by atoms with Gasteiger partial charge in [-0.2, -0.15) is 0 Å². The Kier molecular flexibility index (Phi) is 2.36. The lowest BCUT2D eigenvalue weighted by atomic mass is 10.7. The average Bonchev–Trinajstić information content (AvgIpc) is 3.05. The van der Waals surface area contributed by atoms with E-state index in [9.17, 15) is 4.79 Å². The molecule has 1 fully saturated rings. The minimum absolute atomic E-state index is 0.169. The summed E-state index contributed by atoms with van der Waals surface area (Å²) in [5.41, 5.74) is 5.33. The summed E-state index contributed by atoms with van der Waals surface area (Å²) < 4.78 is 1.67. The fourth-order valence-corrected chi connectivity index (χ4v) is 2.40. The van der Waals surface area contributed by atoms with E-state index in [-0.39, 0.29) is 17.7 Å². The van der Waals surface area contributed by atoms with Gasteiger partial charge in [-0.15, -0.1) is 5.10 Å². The van der Waals surface area contributed by atoms with Gasteiger partial charge in [0.1, 0.15) is 5.03 Å². The molecule has 0 aromatic carbocycles. The van der Waals surface area contributed by atoms with Gasteiger partial charge in [0.15, 0.2) is 5.16 Å². The normalized spacial score (nSPS) is 15.1. The number of hydrogen-bond donors (Lipinski definition) is 2. The Hall–Kier alpha value is -1.83. The molecular weight excluding hydrogens is 240 g/mol. The summed E-state index contributed by atoms with van der Waals surface area (Å²) in [5, 5.41) is 7.74. The molecule has 0 unspecified atom stereocenters. The highest BCUT2D eigenvalue weighted by molar-refractivity contribution is 7.99. The summed E-state index contributed by atoms with van der Waals surface area (Å²) in [6.45, 7) is 0. The number of H-pyrrole nitrogens is 1. The van der Waals surface area contributed by atoms with E-state index in [1.165, 1.54) is 11.8 Å². The molecule has 8 heteroatoms. The van der Waals surface area contributed by atoms with Gasteiger partial charge in [-0.1, -0.05) is 0 Å². The maximum atomic E-state index is 11.6. The van der Waals surface area contributed by atoms with Crippen LogP contribution < -0.4 is 11.4 Å². The number of nitrogens with two attached hydrogens (primary N) is 1. The second kappa shape index (κ2) is 3.88. The van der Waals surface area contributed by atoms with Crippen LogP contribution in [0.1, 0.15) is 18.9 Å². The molecule has 0 amide bonds. The molecule has 0 spiro atoms. The summed E-state index contributed by atoms with van der Waals surface area (Å²) in [6.07, 6.45) is 3.63. The lowest BCUT2D eigenvalue weighted by Gasteiger charge is -2.02. The van der Waals surface area contributed by atoms with Crippen LogP contribution in [0.15, 0.2) is 27.2 Å². The van der Waals surface area contributed by atoms with Gasteiger partial charge in [0.25, 0.3) is 0 Å². The van der Waals surface area contributed by atoms with Crippen molar-refractivity contribution < 1.29 is 0 Å². The van der Waals surface area contributed by atoms with Gasteiger partial charge in [-0.3, -0.25) is 4.57 Å². The highest BCUT2D eigenvalue weighted by Gasteiger charge is 2.28. The maximum Gasteiger partial charge on any atom is 0.344 e. The number of hydrogen-bond acceptors (Lipinski definition) is 6. The van der Waals surface area contributed by atoms with Gasteiger partial charge in [-0.25, -0.2) is 19.9 Å². The van der Waals surface area contributed by atoms with E-state index in [2.05, 4.69) is 20.2 Å². The van der Waals surface area contributed by atoms with Crippen molar-refractivity contribution in [3.05, 3.63) is 22.7 Å². The zero-order valence-electron chi connectivity index (χ0n) is 8.83. The monoisotopic (exact) mass is 250 g/mol. The van der Waals surface area contributed by atoms with Gasteiger partial charge in [0, 0.05) is 12.2 Å². The molecule has 0 saturated heterocycles. The first-order valence-electron chi connectivity index (χ1n) is 5.17. The fourth-order valence-electron chi connectivity index (χ4n) is 1.52. The molecule has 17 heavy (non-hydrogen) atoms. The molecule has 3 N–H and O–H groups in total. The molecular formula is C9H10N6OS. The van der Waals surface area contributed by atoms with E-state index in [1.807, 2.05) is 0 Å². The Morgan fingerprint density at radius 2 is 2.35 bits per heavy atom. The first kappa shape index (κ1) is 10.3. The van der Waals surface area contributed by atoms with Crippen LogP contribution in [0.2, 0.25) is 0 Å². The second-order valence-electron chi connectivity index (χ2n) is 3.77. The minimum atomic E-state index is -0.169. The van der Waals surface area contributed by atoms with Gasteiger partial charge >= 0.3 is 5.69 Å². The Morgan fingerprint density at radius 1 is 1.53 bits per heavy atom. The number of nitrogens with one attached hydrogen (secondary N) is 1. The molecule has 0 aliphatic heterocycles. The van der Waals surface area contributed by atoms with Crippen LogP contribution in [0.3, 0.4) is 0 Å². The van der Waals surface area contributed by atoms with Crippen LogP contribution in [0.5, 0.6) is 0 Å². The van der Waals surface area contributed by atoms with Crippen molar-refractivity contribution in [2.75, 3.05) is 5.73 Å². The third kappa shape index (κ3) is 2.03. The van der Waals surface area contributed by atoms with Gasteiger partial charge < -0.3 is 5.73 Å². The van der Waals surface area contributed by atoms with Crippen LogP contribution in [-0.2, 0) is 0 Å². The lowest BCUT2D eigenvalue weighted by Crippen LogP contribution is -2.16. The molecule has 88 valence electrons. The number of anilines is 1. The van der Waals surface area contributed by atoms with Crippen LogP contribution in [0, 0.1) is 0 Å². The van der Waals surface area contributed by atoms with E-state index >= 15 is 0 Å². The predicted molar refractivity (Wildman–Crippen MR) is 61.7 cm³/mol. The first-order valence-corrected chi connectivity index (χ1v) is 5.99. The predicted octanol–water partition coefficient (Wildman–Crippen LogP) is 0.430. The average molecular weight is 250 g/mol. The van der Waals surface area contributed by atoms with Crippen LogP contribution in [0.4, 0.5) is 5.95 Å². The van der Waals surface area contributed by atoms with E-state index in [0.29, 0.717) is 10.2 Å². The van der Waals surface area contributed by atoms with Crippen molar-refractivity contribution >= 4 is 17.7 Å². The summed E-state index contributed by atoms with van der Waals surface area (Å²) in [7, 11) is 0. The standard InChI is InChI=1S/C9H10N6OS/c10-7-11-4-3-6(12-7)17-9-14-13-8(16)15(9)5-1-2-5/h3-5H,1-2H2,(H,13,16)(H2,10,11,12). The van der Waals surface area contributed by atoms with Crippen molar-refractivity contribution in [2.45, 2.75) is 29.1 Å². The van der Waals surface area contributed by atoms with Crippen LogP contribution in [0.25, 0.3) is 0 Å². The zero-order chi connectivity index (χ0) is 11.8. The molecule has 0 atom stereocenters. The first-order chi connectivity index (χ1) is 8.24. The van der Waals surface area contributed by atoms with Gasteiger partial charge in [0.05, 0.1) is 0 Å². The number of rotatable bonds is 3. The van der Waals surface area contributed by atoms with E-state index in [0.717, 1.165) is 12.8 Å².